The van der Waals surface area contributed by atoms with Crippen molar-refractivity contribution >= 4 is 6.09 Å². The first kappa shape index (κ1) is 24.7. The number of rotatable bonds is 6. The van der Waals surface area contributed by atoms with E-state index >= 15 is 0 Å². The Morgan fingerprint density at radius 3 is 2.29 bits per heavy atom. The van der Waals surface area contributed by atoms with Crippen molar-refractivity contribution in [2.45, 2.75) is 57.8 Å². The number of amides is 1. The quantitative estimate of drug-likeness (QED) is 0.525. The molecule has 1 amide bonds. The third-order valence-electron chi connectivity index (χ3n) is 6.85. The molecule has 0 spiro atoms. The molecule has 35 heavy (non-hydrogen) atoms. The number of carbonyl (C=O) groups is 1. The van der Waals surface area contributed by atoms with Crippen LogP contribution in [0.15, 0.2) is 71.7 Å². The zero-order valence-electron chi connectivity index (χ0n) is 21.1. The van der Waals surface area contributed by atoms with Gasteiger partial charge in [-0.2, -0.15) is 0 Å². The predicted molar refractivity (Wildman–Crippen MR) is 137 cm³/mol. The van der Waals surface area contributed by atoms with Gasteiger partial charge in [0.1, 0.15) is 5.60 Å². The summed E-state index contributed by atoms with van der Waals surface area (Å²) in [5.41, 5.74) is 2.73. The zero-order chi connectivity index (χ0) is 25.4. The summed E-state index contributed by atoms with van der Waals surface area (Å²) in [6, 6.07) is 19.5. The summed E-state index contributed by atoms with van der Waals surface area (Å²) in [4.78, 5) is 27.0. The van der Waals surface area contributed by atoms with Gasteiger partial charge in [0.15, 0.2) is 0 Å². The van der Waals surface area contributed by atoms with E-state index in [4.69, 9.17) is 4.74 Å². The number of aliphatic hydroxyl groups is 1. The van der Waals surface area contributed by atoms with Crippen molar-refractivity contribution in [3.8, 4) is 11.1 Å². The van der Waals surface area contributed by atoms with Gasteiger partial charge in [-0.3, -0.25) is 4.79 Å². The van der Waals surface area contributed by atoms with E-state index < -0.39 is 11.2 Å². The van der Waals surface area contributed by atoms with E-state index in [0.29, 0.717) is 24.9 Å². The molecule has 4 rings (SSSR count). The van der Waals surface area contributed by atoms with E-state index in [1.807, 2.05) is 80.7 Å². The molecule has 0 radical (unpaired) electrons. The van der Waals surface area contributed by atoms with Gasteiger partial charge < -0.3 is 19.3 Å². The summed E-state index contributed by atoms with van der Waals surface area (Å²) >= 11 is 0. The molecule has 0 saturated carbocycles. The fourth-order valence-corrected chi connectivity index (χ4v) is 5.06. The van der Waals surface area contributed by atoms with Gasteiger partial charge in [-0.1, -0.05) is 54.6 Å². The number of hydrogen-bond donors (Lipinski definition) is 1. The minimum absolute atomic E-state index is 0.00114. The van der Waals surface area contributed by atoms with Crippen LogP contribution >= 0.6 is 0 Å². The molecule has 6 nitrogen and oxygen atoms in total. The summed E-state index contributed by atoms with van der Waals surface area (Å²) in [5, 5.41) is 10.6. The lowest BCUT2D eigenvalue weighted by atomic mass is 9.80. The Morgan fingerprint density at radius 1 is 1.06 bits per heavy atom. The highest BCUT2D eigenvalue weighted by Crippen LogP contribution is 2.42. The van der Waals surface area contributed by atoms with E-state index in [-0.39, 0.29) is 17.7 Å². The second-order valence-corrected chi connectivity index (χ2v) is 10.3. The molecule has 3 aromatic rings. The van der Waals surface area contributed by atoms with Crippen LogP contribution < -0.4 is 5.56 Å². The van der Waals surface area contributed by atoms with Crippen molar-refractivity contribution in [2.24, 2.45) is 7.05 Å². The van der Waals surface area contributed by atoms with Crippen molar-refractivity contribution < 1.29 is 14.6 Å². The van der Waals surface area contributed by atoms with E-state index in [0.717, 1.165) is 22.3 Å². The number of nitrogens with zero attached hydrogens (tertiary/aromatic N) is 2. The van der Waals surface area contributed by atoms with Gasteiger partial charge in [0.25, 0.3) is 5.56 Å². The van der Waals surface area contributed by atoms with Gasteiger partial charge in [0, 0.05) is 38.2 Å². The van der Waals surface area contributed by atoms with Gasteiger partial charge in [-0.25, -0.2) is 4.79 Å². The average Bonchev–Trinajstić information content (AvgIpc) is 2.81. The predicted octanol–water partition coefficient (Wildman–Crippen LogP) is 5.32. The molecule has 1 N–H and O–H groups in total. The number of aryl methyl sites for hydroxylation is 2. The average molecular weight is 475 g/mol. The third kappa shape index (κ3) is 5.17. The van der Waals surface area contributed by atoms with Crippen LogP contribution in [0, 0.1) is 6.92 Å². The maximum Gasteiger partial charge on any atom is 0.411 e. The van der Waals surface area contributed by atoms with Crippen LogP contribution in [0.2, 0.25) is 0 Å². The minimum atomic E-state index is -0.987. The first-order valence-electron chi connectivity index (χ1n) is 12.0. The Morgan fingerprint density at radius 2 is 1.71 bits per heavy atom. The summed E-state index contributed by atoms with van der Waals surface area (Å²) in [6.45, 7) is 7.82. The van der Waals surface area contributed by atoms with Gasteiger partial charge in [-0.15, -0.1) is 0 Å². The molecule has 2 heterocycles. The largest absolute Gasteiger partial charge is 0.438 e. The fraction of sp³-hybridized carbons (Fsp3) is 0.379. The highest BCUT2D eigenvalue weighted by Gasteiger charge is 2.46. The van der Waals surface area contributed by atoms with Crippen LogP contribution in [0.3, 0.4) is 0 Å². The molecule has 0 aliphatic carbocycles. The molecule has 1 aromatic heterocycles. The molecule has 1 saturated heterocycles. The van der Waals surface area contributed by atoms with Crippen LogP contribution in [-0.2, 0) is 17.4 Å². The van der Waals surface area contributed by atoms with E-state index in [9.17, 15) is 14.7 Å². The smallest absolute Gasteiger partial charge is 0.411 e. The van der Waals surface area contributed by atoms with Crippen LogP contribution in [-0.4, -0.2) is 32.8 Å². The highest BCUT2D eigenvalue weighted by atomic mass is 16.6. The molecule has 6 heteroatoms. The Labute approximate surface area is 206 Å². The fourth-order valence-electron chi connectivity index (χ4n) is 5.06. The van der Waals surface area contributed by atoms with Gasteiger partial charge in [-0.05, 0) is 56.0 Å². The Hall–Kier alpha value is -3.38. The van der Waals surface area contributed by atoms with Crippen molar-refractivity contribution in [1.29, 1.82) is 0 Å². The van der Waals surface area contributed by atoms with E-state index in [1.165, 1.54) is 0 Å². The highest BCUT2D eigenvalue weighted by molar-refractivity contribution is 5.70. The molecule has 2 aromatic carbocycles. The monoisotopic (exact) mass is 474 g/mol. The SMILES string of the molecule is Cc1cc(-c2ccc(C(C)N3CCC(CC(C)(C)O)(c4ccccc4)OC3=O)cc2)cn(C)c1=O. The number of carbonyl (C=O) groups excluding carboxylic acids is 1. The molecule has 1 aliphatic rings. The lowest BCUT2D eigenvalue weighted by Crippen LogP contribution is -2.51. The number of pyridine rings is 1. The lowest BCUT2D eigenvalue weighted by molar-refractivity contribution is -0.101. The first-order chi connectivity index (χ1) is 16.5. The van der Waals surface area contributed by atoms with Crippen LogP contribution in [0.5, 0.6) is 0 Å². The zero-order valence-corrected chi connectivity index (χ0v) is 21.1. The molecule has 184 valence electrons. The van der Waals surface area contributed by atoms with Crippen molar-refractivity contribution in [3.63, 3.8) is 0 Å². The van der Waals surface area contributed by atoms with Crippen LogP contribution in [0.25, 0.3) is 11.1 Å². The first-order valence-corrected chi connectivity index (χ1v) is 12.0. The van der Waals surface area contributed by atoms with Gasteiger partial charge >= 0.3 is 6.09 Å². The Balaban J connectivity index is 1.55. The molecule has 2 atom stereocenters. The molecular formula is C29H34N2O4. The van der Waals surface area contributed by atoms with Crippen LogP contribution in [0.1, 0.15) is 56.3 Å². The second kappa shape index (κ2) is 9.34. The summed E-state index contributed by atoms with van der Waals surface area (Å²) < 4.78 is 7.71. The number of hydrogen-bond acceptors (Lipinski definition) is 4. The Kier molecular flexibility index (Phi) is 6.60. The van der Waals surface area contributed by atoms with Crippen LogP contribution in [0.4, 0.5) is 4.79 Å². The van der Waals surface area contributed by atoms with Gasteiger partial charge in [0.2, 0.25) is 0 Å². The summed E-state index contributed by atoms with van der Waals surface area (Å²) in [6.07, 6.45) is 2.37. The van der Waals surface area contributed by atoms with Crippen molar-refractivity contribution in [1.82, 2.24) is 9.47 Å². The summed E-state index contributed by atoms with van der Waals surface area (Å²) in [7, 11) is 1.75. The molecular weight excluding hydrogens is 440 g/mol. The molecule has 0 bridgehead atoms. The third-order valence-corrected chi connectivity index (χ3v) is 6.85. The number of aromatic nitrogens is 1. The molecule has 1 fully saturated rings. The number of cyclic esters (lactones) is 1. The topological polar surface area (TPSA) is 71.8 Å². The van der Waals surface area contributed by atoms with E-state index in [2.05, 4.69) is 0 Å². The second-order valence-electron chi connectivity index (χ2n) is 10.3. The molecule has 1 aliphatic heterocycles. The summed E-state index contributed by atoms with van der Waals surface area (Å²) in [5.74, 6) is 0. The molecule has 2 unspecified atom stereocenters. The number of ether oxygens (including phenoxy) is 1. The lowest BCUT2D eigenvalue weighted by Gasteiger charge is -2.45. The van der Waals surface area contributed by atoms with E-state index in [1.54, 1.807) is 30.4 Å². The minimum Gasteiger partial charge on any atom is -0.438 e. The van der Waals surface area contributed by atoms with Gasteiger partial charge in [0.05, 0.1) is 11.6 Å². The maximum absolute atomic E-state index is 13.3. The number of benzene rings is 2. The standard InChI is InChI=1S/C29H34N2O4/c1-20-17-24(18-30(5)26(20)32)23-13-11-22(12-14-23)21(2)31-16-15-29(35-27(31)33,19-28(3,4)34)25-9-7-6-8-10-25/h6-14,17-18,21,34H,15-16,19H2,1-5H3. The normalized spacial score (nSPS) is 19.4. The van der Waals surface area contributed by atoms with Crippen molar-refractivity contribution in [2.75, 3.05) is 6.54 Å². The van der Waals surface area contributed by atoms with Crippen molar-refractivity contribution in [3.05, 3.63) is 93.9 Å². The maximum atomic E-state index is 13.3. The Bertz CT molecular complexity index is 1230.